The Hall–Kier alpha value is -0.220. The average molecular weight is 244 g/mol. The lowest BCUT2D eigenvalue weighted by atomic mass is 9.86. The van der Waals surface area contributed by atoms with Crippen molar-refractivity contribution in [3.63, 3.8) is 0 Å². The van der Waals surface area contributed by atoms with E-state index < -0.39 is 0 Å². The fourth-order valence-corrected chi connectivity index (χ4v) is 3.02. The lowest BCUT2D eigenvalue weighted by molar-refractivity contribution is -0.129. The monoisotopic (exact) mass is 244 g/mol. The van der Waals surface area contributed by atoms with Gasteiger partial charge in [-0.25, -0.2) is 0 Å². The third-order valence-electron chi connectivity index (χ3n) is 3.54. The summed E-state index contributed by atoms with van der Waals surface area (Å²) in [4.78, 5) is 12.0. The van der Waals surface area contributed by atoms with Crippen LogP contribution in [0, 0.1) is 5.41 Å². The summed E-state index contributed by atoms with van der Waals surface area (Å²) in [7, 11) is 0. The Morgan fingerprint density at radius 1 is 1.56 bits per heavy atom. The standard InChI is InChI=1S/C12H24N2OS/c1-3-12(2,9-13)11(15)14-8-10-6-4-5-7-16-10/h10H,3-9,13H2,1-2H3,(H,14,15). The predicted molar refractivity (Wildman–Crippen MR) is 70.6 cm³/mol. The molecule has 2 atom stereocenters. The van der Waals surface area contributed by atoms with Crippen molar-refractivity contribution < 1.29 is 4.79 Å². The number of nitrogens with two attached hydrogens (primary N) is 1. The zero-order valence-electron chi connectivity index (χ0n) is 10.4. The summed E-state index contributed by atoms with van der Waals surface area (Å²) >= 11 is 1.99. The highest BCUT2D eigenvalue weighted by molar-refractivity contribution is 7.99. The van der Waals surface area contributed by atoms with Crippen molar-refractivity contribution in [2.24, 2.45) is 11.1 Å². The molecular formula is C12H24N2OS. The highest BCUT2D eigenvalue weighted by atomic mass is 32.2. The van der Waals surface area contributed by atoms with Gasteiger partial charge in [0.25, 0.3) is 0 Å². The SMILES string of the molecule is CCC(C)(CN)C(=O)NCC1CCCCS1. The lowest BCUT2D eigenvalue weighted by Crippen LogP contribution is -2.45. The van der Waals surface area contributed by atoms with Gasteiger partial charge in [0, 0.05) is 18.3 Å². The Morgan fingerprint density at radius 3 is 2.81 bits per heavy atom. The van der Waals surface area contributed by atoms with Crippen molar-refractivity contribution >= 4 is 17.7 Å². The zero-order valence-corrected chi connectivity index (χ0v) is 11.2. The van der Waals surface area contributed by atoms with Crippen LogP contribution in [0.1, 0.15) is 39.5 Å². The summed E-state index contributed by atoms with van der Waals surface area (Å²) in [6.45, 7) is 5.18. The van der Waals surface area contributed by atoms with E-state index in [1.165, 1.54) is 25.0 Å². The van der Waals surface area contributed by atoms with E-state index in [0.717, 1.165) is 13.0 Å². The van der Waals surface area contributed by atoms with Crippen molar-refractivity contribution in [1.82, 2.24) is 5.32 Å². The summed E-state index contributed by atoms with van der Waals surface area (Å²) in [6.07, 6.45) is 4.66. The van der Waals surface area contributed by atoms with Crippen molar-refractivity contribution in [3.8, 4) is 0 Å². The first kappa shape index (κ1) is 13.8. The van der Waals surface area contributed by atoms with Crippen LogP contribution >= 0.6 is 11.8 Å². The second-order valence-electron chi connectivity index (χ2n) is 4.82. The molecule has 4 heteroatoms. The van der Waals surface area contributed by atoms with Crippen LogP contribution < -0.4 is 11.1 Å². The van der Waals surface area contributed by atoms with Crippen LogP contribution in [0.2, 0.25) is 0 Å². The molecule has 1 fully saturated rings. The van der Waals surface area contributed by atoms with E-state index in [0.29, 0.717) is 11.8 Å². The molecule has 1 aliphatic rings. The molecule has 0 aromatic carbocycles. The van der Waals surface area contributed by atoms with E-state index in [1.807, 2.05) is 25.6 Å². The van der Waals surface area contributed by atoms with Gasteiger partial charge in [0.1, 0.15) is 0 Å². The highest BCUT2D eigenvalue weighted by Crippen LogP contribution is 2.25. The van der Waals surface area contributed by atoms with Crippen molar-refractivity contribution in [1.29, 1.82) is 0 Å². The number of hydrogen-bond donors (Lipinski definition) is 2. The van der Waals surface area contributed by atoms with Crippen molar-refractivity contribution in [2.75, 3.05) is 18.8 Å². The van der Waals surface area contributed by atoms with E-state index in [1.54, 1.807) is 0 Å². The first-order valence-electron chi connectivity index (χ1n) is 6.22. The van der Waals surface area contributed by atoms with Gasteiger partial charge in [-0.05, 0) is 31.9 Å². The second-order valence-corrected chi connectivity index (χ2v) is 6.23. The zero-order chi connectivity index (χ0) is 12.0. The largest absolute Gasteiger partial charge is 0.354 e. The molecule has 1 amide bonds. The van der Waals surface area contributed by atoms with Gasteiger partial charge in [-0.3, -0.25) is 4.79 Å². The summed E-state index contributed by atoms with van der Waals surface area (Å²) < 4.78 is 0. The molecule has 1 rings (SSSR count). The molecule has 0 spiro atoms. The van der Waals surface area contributed by atoms with Gasteiger partial charge in [0.2, 0.25) is 5.91 Å². The van der Waals surface area contributed by atoms with Crippen LogP contribution in [0.15, 0.2) is 0 Å². The van der Waals surface area contributed by atoms with E-state index in [-0.39, 0.29) is 11.3 Å². The van der Waals surface area contributed by atoms with Crippen LogP contribution in [-0.4, -0.2) is 30.0 Å². The molecule has 0 aromatic rings. The molecular weight excluding hydrogens is 220 g/mol. The Labute approximate surface area is 103 Å². The second kappa shape index (κ2) is 6.50. The van der Waals surface area contributed by atoms with E-state index >= 15 is 0 Å². The van der Waals surface area contributed by atoms with Crippen LogP contribution in [0.3, 0.4) is 0 Å². The Morgan fingerprint density at radius 2 is 2.31 bits per heavy atom. The van der Waals surface area contributed by atoms with Gasteiger partial charge in [-0.2, -0.15) is 11.8 Å². The van der Waals surface area contributed by atoms with Crippen LogP contribution in [0.25, 0.3) is 0 Å². The topological polar surface area (TPSA) is 55.1 Å². The Bertz CT molecular complexity index is 223. The minimum Gasteiger partial charge on any atom is -0.354 e. The minimum absolute atomic E-state index is 0.115. The predicted octanol–water partition coefficient (Wildman–Crippen LogP) is 1.76. The normalized spacial score (nSPS) is 24.8. The smallest absolute Gasteiger partial charge is 0.227 e. The van der Waals surface area contributed by atoms with Crippen LogP contribution in [0.5, 0.6) is 0 Å². The fraction of sp³-hybridized carbons (Fsp3) is 0.917. The van der Waals surface area contributed by atoms with E-state index in [2.05, 4.69) is 5.32 Å². The maximum absolute atomic E-state index is 12.0. The summed E-state index contributed by atoms with van der Waals surface area (Å²) in [5.41, 5.74) is 5.27. The number of rotatable bonds is 5. The molecule has 0 radical (unpaired) electrons. The average Bonchev–Trinajstić information content (AvgIpc) is 2.36. The maximum Gasteiger partial charge on any atom is 0.227 e. The molecule has 0 aromatic heterocycles. The van der Waals surface area contributed by atoms with Gasteiger partial charge in [-0.15, -0.1) is 0 Å². The molecule has 3 N–H and O–H groups in total. The number of nitrogens with one attached hydrogen (secondary N) is 1. The van der Waals surface area contributed by atoms with Crippen molar-refractivity contribution in [3.05, 3.63) is 0 Å². The molecule has 3 nitrogen and oxygen atoms in total. The Balaban J connectivity index is 2.33. The third-order valence-corrected chi connectivity index (χ3v) is 4.94. The molecule has 1 aliphatic heterocycles. The summed E-state index contributed by atoms with van der Waals surface area (Å²) in [5.74, 6) is 1.35. The van der Waals surface area contributed by atoms with E-state index in [4.69, 9.17) is 5.73 Å². The maximum atomic E-state index is 12.0. The fourth-order valence-electron chi connectivity index (χ4n) is 1.79. The number of amides is 1. The molecule has 0 bridgehead atoms. The molecule has 2 unspecified atom stereocenters. The first-order valence-corrected chi connectivity index (χ1v) is 7.27. The first-order chi connectivity index (χ1) is 7.62. The molecule has 94 valence electrons. The number of carbonyl (C=O) groups is 1. The Kier molecular flexibility index (Phi) is 5.62. The van der Waals surface area contributed by atoms with Gasteiger partial charge < -0.3 is 11.1 Å². The van der Waals surface area contributed by atoms with Crippen molar-refractivity contribution in [2.45, 2.75) is 44.8 Å². The summed E-state index contributed by atoms with van der Waals surface area (Å²) in [6, 6.07) is 0. The van der Waals surface area contributed by atoms with E-state index in [9.17, 15) is 4.79 Å². The van der Waals surface area contributed by atoms with Gasteiger partial charge >= 0.3 is 0 Å². The number of hydrogen-bond acceptors (Lipinski definition) is 3. The molecule has 0 aliphatic carbocycles. The van der Waals surface area contributed by atoms with Gasteiger partial charge in [-0.1, -0.05) is 13.3 Å². The molecule has 16 heavy (non-hydrogen) atoms. The van der Waals surface area contributed by atoms with Crippen LogP contribution in [0.4, 0.5) is 0 Å². The molecule has 0 saturated carbocycles. The summed E-state index contributed by atoms with van der Waals surface area (Å²) in [5, 5.41) is 3.66. The quantitative estimate of drug-likeness (QED) is 0.775. The minimum atomic E-state index is -0.390. The lowest BCUT2D eigenvalue weighted by Gasteiger charge is -2.27. The van der Waals surface area contributed by atoms with Gasteiger partial charge in [0.15, 0.2) is 0 Å². The molecule has 1 heterocycles. The number of thioether (sulfide) groups is 1. The van der Waals surface area contributed by atoms with Gasteiger partial charge in [0.05, 0.1) is 5.41 Å². The molecule has 1 saturated heterocycles. The van der Waals surface area contributed by atoms with Crippen LogP contribution in [-0.2, 0) is 4.79 Å². The number of carbonyl (C=O) groups excluding carboxylic acids is 1. The highest BCUT2D eigenvalue weighted by Gasteiger charge is 2.29. The third kappa shape index (κ3) is 3.67.